The molecule has 1 fully saturated rings. The summed E-state index contributed by atoms with van der Waals surface area (Å²) in [5.74, 6) is -7.43. The second kappa shape index (κ2) is 10.6. The van der Waals surface area contributed by atoms with E-state index in [1.807, 2.05) is 0 Å². The molecule has 12 nitrogen and oxygen atoms in total. The molecule has 3 aliphatic carbocycles. The van der Waals surface area contributed by atoms with E-state index in [1.54, 1.807) is 7.05 Å². The van der Waals surface area contributed by atoms with Crippen molar-refractivity contribution in [1.29, 1.82) is 0 Å². The van der Waals surface area contributed by atoms with Crippen LogP contribution in [0.1, 0.15) is 24.0 Å². The van der Waals surface area contributed by atoms with Crippen LogP contribution in [-0.2, 0) is 20.8 Å². The molecule has 0 heterocycles. The smallest absolute Gasteiger partial charge is 0.511 e. The van der Waals surface area contributed by atoms with Crippen LogP contribution in [-0.4, -0.2) is 52.2 Å². The van der Waals surface area contributed by atoms with Crippen LogP contribution < -0.4 is 26.4 Å². The molecule has 15 heteroatoms. The number of aliphatic hydroxyl groups excluding tert-OH is 2. The monoisotopic (exact) mass is 602 g/mol. The Balaban J connectivity index is 1.46. The molecule has 43 heavy (non-hydrogen) atoms. The third kappa shape index (κ3) is 5.29. The second-order valence-electron chi connectivity index (χ2n) is 10.3. The number of nitrogens with two attached hydrogens (primary N) is 1. The van der Waals surface area contributed by atoms with Gasteiger partial charge in [-0.05, 0) is 60.6 Å². The molecule has 0 aromatic heterocycles. The van der Waals surface area contributed by atoms with Gasteiger partial charge >= 0.3 is 12.4 Å². The number of aromatic hydroxyl groups is 1. The number of ketones is 2. The summed E-state index contributed by atoms with van der Waals surface area (Å²) in [6.07, 6.45) is -4.69. The van der Waals surface area contributed by atoms with Gasteiger partial charge in [-0.1, -0.05) is 0 Å². The van der Waals surface area contributed by atoms with Crippen molar-refractivity contribution in [2.75, 3.05) is 23.0 Å². The first kappa shape index (κ1) is 29.3. The lowest BCUT2D eigenvalue weighted by Gasteiger charge is -2.41. The molecular weight excluding hydrogens is 577 g/mol. The van der Waals surface area contributed by atoms with Crippen LogP contribution in [0, 0.1) is 17.8 Å². The van der Waals surface area contributed by atoms with Crippen molar-refractivity contribution in [2.24, 2.45) is 23.5 Å². The van der Waals surface area contributed by atoms with Crippen molar-refractivity contribution >= 4 is 46.3 Å². The highest BCUT2D eigenvalue weighted by molar-refractivity contribution is 6.21. The Bertz CT molecular complexity index is 1630. The lowest BCUT2D eigenvalue weighted by Crippen LogP contribution is -2.44. The molecule has 1 saturated carbocycles. The van der Waals surface area contributed by atoms with E-state index in [0.29, 0.717) is 11.3 Å². The zero-order valence-corrected chi connectivity index (χ0v) is 22.3. The number of benzene rings is 2. The quantitative estimate of drug-likeness (QED) is 0.151. The minimum Gasteiger partial charge on any atom is -0.511 e. The third-order valence-corrected chi connectivity index (χ3v) is 7.75. The van der Waals surface area contributed by atoms with E-state index in [2.05, 4.69) is 20.7 Å². The molecular formula is C28H25F3N4O8. The Morgan fingerprint density at radius 1 is 1.02 bits per heavy atom. The largest absolute Gasteiger partial charge is 0.573 e. The van der Waals surface area contributed by atoms with E-state index in [-0.39, 0.29) is 41.8 Å². The number of carbonyl (C=O) groups is 4. The van der Waals surface area contributed by atoms with Crippen LogP contribution in [0.2, 0.25) is 0 Å². The standard InChI is InChI=1S/C28H25F3N4O8/c1-33-15-9-16(35-27(42)34-12-2-4-13(5-3-12)43-28(29,30)31)22(37)20-14(15)7-10-6-11-8-17(36)21(26(32)41)25(40)19(11)23(38)18(10)24(20)39/h2-5,9-11,19,33,37,39-40H,6-8H2,1H3,(H2,32,41)(H2,34,35,42). The fraction of sp³-hybridized carbons (Fsp3) is 0.286. The topological polar surface area (TPSA) is 200 Å². The van der Waals surface area contributed by atoms with Gasteiger partial charge in [0.1, 0.15) is 22.8 Å². The van der Waals surface area contributed by atoms with Crippen LogP contribution in [0.25, 0.3) is 5.76 Å². The molecule has 0 radical (unpaired) electrons. The van der Waals surface area contributed by atoms with Gasteiger partial charge in [-0.2, -0.15) is 0 Å². The zero-order chi connectivity index (χ0) is 31.4. The summed E-state index contributed by atoms with van der Waals surface area (Å²) in [7, 11) is 1.56. The molecule has 3 atom stereocenters. The SMILES string of the molecule is CNc1cc(NC(=O)Nc2ccc(OC(F)(F)F)cc2)c(O)c2c1CC1CC3CC(=O)C(C(N)=O)=C(O)C3C(=O)C1=C2O. The van der Waals surface area contributed by atoms with E-state index in [0.717, 1.165) is 24.3 Å². The van der Waals surface area contributed by atoms with Gasteiger partial charge in [-0.3, -0.25) is 14.4 Å². The Labute approximate surface area is 241 Å². The van der Waals surface area contributed by atoms with Crippen molar-refractivity contribution < 1.29 is 52.4 Å². The molecule has 5 rings (SSSR count). The van der Waals surface area contributed by atoms with Gasteiger partial charge in [-0.15, -0.1) is 13.2 Å². The number of allylic oxidation sites excluding steroid dienone is 2. The van der Waals surface area contributed by atoms with Gasteiger partial charge in [-0.25, -0.2) is 4.79 Å². The van der Waals surface area contributed by atoms with Crippen molar-refractivity contribution in [3.8, 4) is 11.5 Å². The fourth-order valence-corrected chi connectivity index (χ4v) is 6.05. The predicted octanol–water partition coefficient (Wildman–Crippen LogP) is 3.89. The van der Waals surface area contributed by atoms with Gasteiger partial charge in [0.05, 0.1) is 17.2 Å². The van der Waals surface area contributed by atoms with Gasteiger partial charge in [0.2, 0.25) is 0 Å². The molecule has 226 valence electrons. The maximum absolute atomic E-state index is 13.6. The van der Waals surface area contributed by atoms with Gasteiger partial charge in [0.15, 0.2) is 17.3 Å². The lowest BCUT2D eigenvalue weighted by atomic mass is 9.61. The van der Waals surface area contributed by atoms with Crippen molar-refractivity contribution in [2.45, 2.75) is 25.6 Å². The van der Waals surface area contributed by atoms with Crippen molar-refractivity contribution in [3.05, 3.63) is 58.4 Å². The number of hydrogen-bond acceptors (Lipinski definition) is 9. The molecule has 8 N–H and O–H groups in total. The minimum atomic E-state index is -4.88. The van der Waals surface area contributed by atoms with Crippen LogP contribution in [0.15, 0.2) is 47.2 Å². The Morgan fingerprint density at radius 3 is 2.30 bits per heavy atom. The summed E-state index contributed by atoms with van der Waals surface area (Å²) < 4.78 is 41.0. The molecule has 0 saturated heterocycles. The first-order valence-electron chi connectivity index (χ1n) is 12.9. The van der Waals surface area contributed by atoms with E-state index < -0.39 is 76.2 Å². The fourth-order valence-electron chi connectivity index (χ4n) is 6.05. The number of phenolic OH excluding ortho intramolecular Hbond substituents is 1. The number of fused-ring (bicyclic) bond motifs is 3. The van der Waals surface area contributed by atoms with Crippen LogP contribution in [0.4, 0.5) is 35.0 Å². The number of aliphatic hydroxyl groups is 2. The van der Waals surface area contributed by atoms with Gasteiger partial charge in [0.25, 0.3) is 5.91 Å². The van der Waals surface area contributed by atoms with Crippen LogP contribution in [0.5, 0.6) is 11.5 Å². The maximum Gasteiger partial charge on any atom is 0.573 e. The number of phenols is 1. The number of carbonyl (C=O) groups excluding carboxylic acids is 4. The number of anilines is 3. The van der Waals surface area contributed by atoms with Crippen LogP contribution in [0.3, 0.4) is 0 Å². The number of ether oxygens (including phenoxy) is 1. The minimum absolute atomic E-state index is 0.0985. The molecule has 0 bridgehead atoms. The average molecular weight is 603 g/mol. The number of hydrogen-bond donors (Lipinski definition) is 7. The highest BCUT2D eigenvalue weighted by Gasteiger charge is 2.51. The number of nitrogens with one attached hydrogen (secondary N) is 3. The van der Waals surface area contributed by atoms with Gasteiger partial charge < -0.3 is 41.7 Å². The Hall–Kier alpha value is -5.21. The molecule has 0 spiro atoms. The van der Waals surface area contributed by atoms with E-state index in [1.165, 1.54) is 6.07 Å². The number of urea groups is 1. The predicted molar refractivity (Wildman–Crippen MR) is 145 cm³/mol. The first-order chi connectivity index (χ1) is 20.2. The van der Waals surface area contributed by atoms with Crippen molar-refractivity contribution in [1.82, 2.24) is 0 Å². The number of alkyl halides is 3. The number of Topliss-reactive ketones (excluding diaryl/α,β-unsaturated/α-hetero) is 2. The number of halogens is 3. The molecule has 3 amide bonds. The third-order valence-electron chi connectivity index (χ3n) is 7.75. The van der Waals surface area contributed by atoms with E-state index >= 15 is 0 Å². The highest BCUT2D eigenvalue weighted by Crippen LogP contribution is 2.52. The van der Waals surface area contributed by atoms with Gasteiger partial charge in [0, 0.05) is 30.4 Å². The zero-order valence-electron chi connectivity index (χ0n) is 22.3. The molecule has 2 aromatic rings. The summed E-state index contributed by atoms with van der Waals surface area (Å²) in [6.45, 7) is 0. The van der Waals surface area contributed by atoms with Crippen LogP contribution >= 0.6 is 0 Å². The summed E-state index contributed by atoms with van der Waals surface area (Å²) >= 11 is 0. The van der Waals surface area contributed by atoms with Crippen molar-refractivity contribution in [3.63, 3.8) is 0 Å². The molecule has 0 aliphatic heterocycles. The van der Waals surface area contributed by atoms with E-state index in [9.17, 15) is 47.7 Å². The first-order valence-corrected chi connectivity index (χ1v) is 12.9. The number of amides is 3. The molecule has 3 unspecified atom stereocenters. The summed E-state index contributed by atoms with van der Waals surface area (Å²) in [5.41, 5.74) is 5.12. The number of rotatable bonds is 5. The summed E-state index contributed by atoms with van der Waals surface area (Å²) in [6, 6.07) is 4.82. The maximum atomic E-state index is 13.6. The Morgan fingerprint density at radius 2 is 1.70 bits per heavy atom. The summed E-state index contributed by atoms with van der Waals surface area (Å²) in [5, 5.41) is 40.9. The van der Waals surface area contributed by atoms with E-state index in [4.69, 9.17) is 5.73 Å². The molecule has 2 aromatic carbocycles. The molecule has 3 aliphatic rings. The normalized spacial score (nSPS) is 21.4. The average Bonchev–Trinajstić information content (AvgIpc) is 2.89. The summed E-state index contributed by atoms with van der Waals surface area (Å²) in [4.78, 5) is 50.5. The highest BCUT2D eigenvalue weighted by atomic mass is 19.4. The lowest BCUT2D eigenvalue weighted by molar-refractivity contribution is -0.274. The number of primary amides is 1. The second-order valence-corrected chi connectivity index (χ2v) is 10.3. The Kier molecular flexibility index (Phi) is 7.20.